The van der Waals surface area contributed by atoms with Gasteiger partial charge >= 0.3 is 0 Å². The number of benzene rings is 1. The number of hydrogen-bond acceptors (Lipinski definition) is 0. The van der Waals surface area contributed by atoms with Crippen molar-refractivity contribution in [3.63, 3.8) is 0 Å². The highest BCUT2D eigenvalue weighted by Gasteiger charge is 2.18. The van der Waals surface area contributed by atoms with Crippen LogP contribution in [0.3, 0.4) is 0 Å². The van der Waals surface area contributed by atoms with Crippen LogP contribution < -0.4 is 0 Å². The van der Waals surface area contributed by atoms with E-state index in [1.165, 1.54) is 35.7 Å². The molecule has 0 bridgehead atoms. The van der Waals surface area contributed by atoms with Crippen LogP contribution in [0.25, 0.3) is 0 Å². The zero-order valence-corrected chi connectivity index (χ0v) is 9.74. The second-order valence-corrected chi connectivity index (χ2v) is 4.94. The summed E-state index contributed by atoms with van der Waals surface area (Å²) in [6.45, 7) is 0. The van der Waals surface area contributed by atoms with E-state index in [2.05, 4.69) is 22.0 Å². The van der Waals surface area contributed by atoms with E-state index in [0.717, 1.165) is 10.9 Å². The Bertz CT molecular complexity index is 303. The molecule has 1 aliphatic carbocycles. The van der Waals surface area contributed by atoms with Crippen molar-refractivity contribution >= 4 is 27.5 Å². The van der Waals surface area contributed by atoms with Gasteiger partial charge in [0.2, 0.25) is 0 Å². The van der Waals surface area contributed by atoms with Gasteiger partial charge in [-0.3, -0.25) is 0 Å². The summed E-state index contributed by atoms with van der Waals surface area (Å²) in [5, 5.41) is 0.814. The summed E-state index contributed by atoms with van der Waals surface area (Å²) >= 11 is 9.47. The summed E-state index contributed by atoms with van der Waals surface area (Å²) in [6.07, 6.45) is 5.42. The zero-order chi connectivity index (χ0) is 9.26. The fourth-order valence-corrected chi connectivity index (χ4v) is 3.08. The lowest BCUT2D eigenvalue weighted by molar-refractivity contribution is 0.720. The van der Waals surface area contributed by atoms with Gasteiger partial charge in [-0.1, -0.05) is 46.4 Å². The van der Waals surface area contributed by atoms with E-state index >= 15 is 0 Å². The molecule has 0 radical (unpaired) electrons. The van der Waals surface area contributed by atoms with Crippen LogP contribution in [0.15, 0.2) is 22.7 Å². The molecule has 0 nitrogen and oxygen atoms in total. The van der Waals surface area contributed by atoms with Crippen molar-refractivity contribution in [2.24, 2.45) is 0 Å². The Hall–Kier alpha value is -0.0100. The molecule has 0 amide bonds. The fourth-order valence-electron chi connectivity index (χ4n) is 2.07. The molecule has 2 rings (SSSR count). The molecule has 1 aliphatic rings. The van der Waals surface area contributed by atoms with Crippen molar-refractivity contribution in [1.29, 1.82) is 0 Å². The van der Waals surface area contributed by atoms with Crippen LogP contribution in [0.1, 0.15) is 37.2 Å². The topological polar surface area (TPSA) is 0 Å². The van der Waals surface area contributed by atoms with Gasteiger partial charge in [-0.15, -0.1) is 0 Å². The maximum atomic E-state index is 5.89. The van der Waals surface area contributed by atoms with Crippen molar-refractivity contribution < 1.29 is 0 Å². The smallest absolute Gasteiger partial charge is 0.0417 e. The molecule has 2 heteroatoms. The van der Waals surface area contributed by atoms with Crippen molar-refractivity contribution in [3.8, 4) is 0 Å². The minimum absolute atomic E-state index is 0.756. The third-order valence-electron chi connectivity index (χ3n) is 2.76. The molecule has 0 unspecified atom stereocenters. The molecule has 0 spiro atoms. The van der Waals surface area contributed by atoms with Gasteiger partial charge in [-0.2, -0.15) is 0 Å². The van der Waals surface area contributed by atoms with Crippen molar-refractivity contribution in [2.75, 3.05) is 0 Å². The Kier molecular flexibility index (Phi) is 2.95. The van der Waals surface area contributed by atoms with Crippen LogP contribution in [0.4, 0.5) is 0 Å². The molecule has 0 saturated heterocycles. The first-order chi connectivity index (χ1) is 6.27. The monoisotopic (exact) mass is 258 g/mol. The van der Waals surface area contributed by atoms with Gasteiger partial charge in [0.1, 0.15) is 0 Å². The lowest BCUT2D eigenvalue weighted by Crippen LogP contribution is -1.92. The average Bonchev–Trinajstić information content (AvgIpc) is 2.56. The van der Waals surface area contributed by atoms with Crippen LogP contribution in [0.2, 0.25) is 5.02 Å². The summed E-state index contributed by atoms with van der Waals surface area (Å²) < 4.78 is 1.17. The SMILES string of the molecule is Clc1ccc(C2CCCC2)c(Br)c1. The van der Waals surface area contributed by atoms with Crippen LogP contribution in [-0.2, 0) is 0 Å². The molecule has 1 aromatic carbocycles. The van der Waals surface area contributed by atoms with Gasteiger partial charge in [0.25, 0.3) is 0 Å². The molecule has 13 heavy (non-hydrogen) atoms. The Morgan fingerprint density at radius 3 is 2.54 bits per heavy atom. The molecule has 0 aliphatic heterocycles. The quantitative estimate of drug-likeness (QED) is 0.682. The van der Waals surface area contributed by atoms with E-state index in [4.69, 9.17) is 11.6 Å². The van der Waals surface area contributed by atoms with Gasteiger partial charge in [0, 0.05) is 9.50 Å². The normalized spacial score (nSPS) is 18.0. The highest BCUT2D eigenvalue weighted by molar-refractivity contribution is 9.10. The van der Waals surface area contributed by atoms with Gasteiger partial charge in [-0.25, -0.2) is 0 Å². The van der Waals surface area contributed by atoms with E-state index < -0.39 is 0 Å². The Morgan fingerprint density at radius 1 is 1.23 bits per heavy atom. The fraction of sp³-hybridized carbons (Fsp3) is 0.455. The van der Waals surface area contributed by atoms with E-state index in [1.54, 1.807) is 0 Å². The molecule has 1 fully saturated rings. The van der Waals surface area contributed by atoms with Crippen LogP contribution >= 0.6 is 27.5 Å². The highest BCUT2D eigenvalue weighted by atomic mass is 79.9. The predicted molar refractivity (Wildman–Crippen MR) is 60.4 cm³/mol. The summed E-state index contributed by atoms with van der Waals surface area (Å²) in [4.78, 5) is 0. The largest absolute Gasteiger partial charge is 0.0843 e. The Labute approximate surface area is 92.4 Å². The standard InChI is InChI=1S/C11H12BrCl/c12-11-7-9(13)5-6-10(11)8-3-1-2-4-8/h5-8H,1-4H2. The first kappa shape index (κ1) is 9.54. The van der Waals surface area contributed by atoms with Gasteiger partial charge in [0.15, 0.2) is 0 Å². The predicted octanol–water partition coefficient (Wildman–Crippen LogP) is 4.76. The summed E-state index contributed by atoms with van der Waals surface area (Å²) in [5.41, 5.74) is 1.43. The zero-order valence-electron chi connectivity index (χ0n) is 7.39. The van der Waals surface area contributed by atoms with Crippen LogP contribution in [0.5, 0.6) is 0 Å². The maximum absolute atomic E-state index is 5.89. The molecule has 0 heterocycles. The molecule has 0 aromatic heterocycles. The Balaban J connectivity index is 2.29. The van der Waals surface area contributed by atoms with Crippen molar-refractivity contribution in [3.05, 3.63) is 33.3 Å². The summed E-state index contributed by atoms with van der Waals surface area (Å²) in [5.74, 6) is 0.756. The lowest BCUT2D eigenvalue weighted by Gasteiger charge is -2.11. The molecular weight excluding hydrogens is 247 g/mol. The second-order valence-electron chi connectivity index (χ2n) is 3.65. The molecule has 70 valence electrons. The first-order valence-electron chi connectivity index (χ1n) is 4.72. The minimum atomic E-state index is 0.756. The number of rotatable bonds is 1. The average molecular weight is 260 g/mol. The number of hydrogen-bond donors (Lipinski definition) is 0. The van der Waals surface area contributed by atoms with E-state index in [0.29, 0.717) is 0 Å². The van der Waals surface area contributed by atoms with E-state index in [1.807, 2.05) is 12.1 Å². The van der Waals surface area contributed by atoms with E-state index in [-0.39, 0.29) is 0 Å². The first-order valence-corrected chi connectivity index (χ1v) is 5.89. The third kappa shape index (κ3) is 2.08. The van der Waals surface area contributed by atoms with Crippen molar-refractivity contribution in [2.45, 2.75) is 31.6 Å². The van der Waals surface area contributed by atoms with Crippen LogP contribution in [-0.4, -0.2) is 0 Å². The maximum Gasteiger partial charge on any atom is 0.0417 e. The molecule has 1 saturated carbocycles. The highest BCUT2D eigenvalue weighted by Crippen LogP contribution is 2.38. The molecule has 0 N–H and O–H groups in total. The molecule has 1 aromatic rings. The lowest BCUT2D eigenvalue weighted by atomic mass is 9.98. The van der Waals surface area contributed by atoms with Crippen LogP contribution in [0, 0.1) is 0 Å². The number of halogens is 2. The molecule has 0 atom stereocenters. The van der Waals surface area contributed by atoms with Gasteiger partial charge in [-0.05, 0) is 36.5 Å². The second kappa shape index (κ2) is 4.02. The van der Waals surface area contributed by atoms with E-state index in [9.17, 15) is 0 Å². The van der Waals surface area contributed by atoms with Crippen molar-refractivity contribution in [1.82, 2.24) is 0 Å². The Morgan fingerprint density at radius 2 is 1.92 bits per heavy atom. The third-order valence-corrected chi connectivity index (χ3v) is 3.68. The van der Waals surface area contributed by atoms with Gasteiger partial charge in [0.05, 0.1) is 0 Å². The molecular formula is C11H12BrCl. The summed E-state index contributed by atoms with van der Waals surface area (Å²) in [6, 6.07) is 6.14. The summed E-state index contributed by atoms with van der Waals surface area (Å²) in [7, 11) is 0. The minimum Gasteiger partial charge on any atom is -0.0843 e. The van der Waals surface area contributed by atoms with Gasteiger partial charge < -0.3 is 0 Å².